The molecule has 0 aliphatic carbocycles. The van der Waals surface area contributed by atoms with Gasteiger partial charge in [0.05, 0.1) is 32.2 Å². The molecule has 3 aromatic carbocycles. The lowest BCUT2D eigenvalue weighted by molar-refractivity contribution is -0.146. The van der Waals surface area contributed by atoms with Gasteiger partial charge in [-0.15, -0.1) is 0 Å². The Balaban J connectivity index is 1.15. The third-order valence-corrected chi connectivity index (χ3v) is 23.1. The predicted octanol–water partition coefficient (Wildman–Crippen LogP) is -5.29. The quantitative estimate of drug-likeness (QED) is 0.00748. The van der Waals surface area contributed by atoms with Crippen LogP contribution in [0.15, 0.2) is 91.3 Å². The molecule has 0 saturated carbocycles. The van der Waals surface area contributed by atoms with Crippen molar-refractivity contribution >= 4 is 177 Å². The first-order valence-electron chi connectivity index (χ1n) is 43.0. The smallest absolute Gasteiger partial charge is 0.328 e. The third-order valence-electron chi connectivity index (χ3n) is 21.8. The Kier molecular flexibility index (Phi) is 44.7. The number of hydrogen-bond acceptors (Lipinski definition) is 25. The van der Waals surface area contributed by atoms with E-state index in [0.29, 0.717) is 44.9 Å². The van der Waals surface area contributed by atoms with Gasteiger partial charge >= 0.3 is 11.9 Å². The number of rotatable bonds is 57. The highest BCUT2D eigenvalue weighted by Gasteiger charge is 2.42. The predicted molar refractivity (Wildman–Crippen MR) is 494 cm³/mol. The van der Waals surface area contributed by atoms with Crippen LogP contribution in [0.4, 0.5) is 0 Å². The molecule has 1 aliphatic rings. The summed E-state index contributed by atoms with van der Waals surface area (Å²) in [5.41, 5.74) is 25.3. The molecule has 17 amide bonds. The molecule has 726 valence electrons. The maximum absolute atomic E-state index is 14.7. The van der Waals surface area contributed by atoms with E-state index in [1.807, 2.05) is 0 Å². The SMILES string of the molecule is CC[C@H](C)[C@H](NC(=O)[C@H](CCSC)NC(=O)[C@H](CCC(=O)O)NC(=O)[C@H](CS)NC(=O)[C@H](Cc1ccccc1)NC(=O)[C@H](Cc1c[nH]c2ccccc12)NC(=O)[C@@H](N)CC(N)=O)C(=O)NCC(=O)N[C@@H](CCCNC(=N)N)C(=O)N[C@@H](CCC(N)=O)C(=O)N[C@@H](Cc1c[nH]c2ccccc12)C(=O)NCC(=O)N[C@@H](CS)C(=O)N[C@H](C(=O)N1CCC[C@H]1C(=O)N[C@@H](CO)C(=O)O)C(C)C. The number of benzene rings is 3. The standard InChI is InChI=1S/C85H121N23O22S3/c1-6-44(4)70(107-76(121)56(28-31-133-5)100-74(119)55(25-27-68(114)115)99-79(124)62(42-132)105-77(122)57(32-45-16-8-7-9-17-45)102-78(123)59(101-71(116)50(86)35-65(88)111)34-47-37-93-52-21-13-11-19-49(47)52)82(127)95-39-66(112)96-53(22-14-29-91-85(89)90)73(118)98-54(24-26-64(87)110)75(120)103-58(33-46-36-92-51-20-12-10-18-48(46)51)72(117)94-38-67(113)97-61(41-131)80(125)106-69(43(2)3)83(128)108-30-15-23-63(108)81(126)104-60(40-109)84(129)130/h7-13,16-21,36-37,43-44,50,53-63,69-70,92-93,109,131-132H,6,14-15,22-35,38-42,86H2,1-5H3,(H2,87,110)(H2,88,111)(H,94,117)(H,95,127)(H,96,112)(H,97,113)(H,98,118)(H,99,124)(H,100,119)(H,101,116)(H,102,123)(H,103,120)(H,104,126)(H,105,122)(H,106,125)(H,107,121)(H,114,115)(H,129,130)(H4,89,90,91)/t44-,50-,53-,54-,55-,56-,57-,58-,59-,60-,61-,62-,63-,69-,70-/m0/s1. The third kappa shape index (κ3) is 34.9. The molecule has 133 heavy (non-hydrogen) atoms. The number of nitrogens with one attached hydrogen (secondary N) is 18. The second-order valence-electron chi connectivity index (χ2n) is 32.1. The second kappa shape index (κ2) is 54.7. The van der Waals surface area contributed by atoms with Gasteiger partial charge in [-0.3, -0.25) is 91.7 Å². The van der Waals surface area contributed by atoms with Gasteiger partial charge in [-0.25, -0.2) is 4.79 Å². The number of thioether (sulfide) groups is 1. The van der Waals surface area contributed by atoms with Crippen LogP contribution in [0.2, 0.25) is 0 Å². The van der Waals surface area contributed by atoms with E-state index in [0.717, 1.165) is 0 Å². The molecule has 0 spiro atoms. The molecule has 0 radical (unpaired) electrons. The highest BCUT2D eigenvalue weighted by molar-refractivity contribution is 7.98. The number of amides is 17. The van der Waals surface area contributed by atoms with Gasteiger partial charge in [0.15, 0.2) is 5.96 Å². The summed E-state index contributed by atoms with van der Waals surface area (Å²) in [4.78, 5) is 268. The minimum absolute atomic E-state index is 0.00418. The van der Waals surface area contributed by atoms with E-state index in [2.05, 4.69) is 115 Å². The average Bonchev–Trinajstić information content (AvgIpc) is 1.70. The summed E-state index contributed by atoms with van der Waals surface area (Å²) in [7, 11) is 0. The van der Waals surface area contributed by atoms with Crippen molar-refractivity contribution in [3.05, 3.63) is 108 Å². The van der Waals surface area contributed by atoms with Crippen LogP contribution in [0, 0.1) is 17.2 Å². The van der Waals surface area contributed by atoms with E-state index in [1.165, 1.54) is 16.7 Å². The molecular weight excluding hydrogens is 1790 g/mol. The van der Waals surface area contributed by atoms with Crippen molar-refractivity contribution in [2.24, 2.45) is 34.8 Å². The van der Waals surface area contributed by atoms with Crippen LogP contribution in [0.5, 0.6) is 0 Å². The summed E-state index contributed by atoms with van der Waals surface area (Å²) >= 11 is 9.83. The fourth-order valence-corrected chi connectivity index (χ4v) is 15.2. The van der Waals surface area contributed by atoms with Gasteiger partial charge in [-0.2, -0.15) is 37.0 Å². The number of hydrogen-bond donors (Lipinski definition) is 27. The molecule has 0 bridgehead atoms. The Morgan fingerprint density at radius 2 is 0.947 bits per heavy atom. The van der Waals surface area contributed by atoms with E-state index in [9.17, 15) is 106 Å². The number of H-pyrrole nitrogens is 2. The number of aliphatic hydroxyl groups is 1. The molecule has 29 N–H and O–H groups in total. The Bertz CT molecular complexity index is 4950. The van der Waals surface area contributed by atoms with Gasteiger partial charge in [-0.1, -0.05) is 101 Å². The van der Waals surface area contributed by atoms with Crippen molar-refractivity contribution in [3.8, 4) is 0 Å². The average molecular weight is 1910 g/mol. The van der Waals surface area contributed by atoms with E-state index >= 15 is 0 Å². The topological polar surface area (TPSA) is 728 Å². The number of aromatic amines is 2. The van der Waals surface area contributed by atoms with Crippen molar-refractivity contribution in [1.29, 1.82) is 5.41 Å². The van der Waals surface area contributed by atoms with Crippen LogP contribution >= 0.6 is 37.0 Å². The van der Waals surface area contributed by atoms with Crippen LogP contribution in [0.1, 0.15) is 115 Å². The van der Waals surface area contributed by atoms with Gasteiger partial charge in [0.1, 0.15) is 78.5 Å². The normalized spacial score (nSPS) is 15.5. The van der Waals surface area contributed by atoms with Crippen molar-refractivity contribution < 1.29 is 106 Å². The van der Waals surface area contributed by atoms with E-state index in [-0.39, 0.29) is 76.0 Å². The van der Waals surface area contributed by atoms with Crippen LogP contribution in [-0.2, 0) is 110 Å². The van der Waals surface area contributed by atoms with Gasteiger partial charge in [0.2, 0.25) is 100 Å². The highest BCUT2D eigenvalue weighted by atomic mass is 32.2. The molecular formula is C85H121N23O22S3. The molecule has 0 unspecified atom stereocenters. The summed E-state index contributed by atoms with van der Waals surface area (Å²) in [5, 5.41) is 75.5. The number of carbonyl (C=O) groups is 19. The number of nitrogens with two attached hydrogens (primary N) is 4. The number of aliphatic hydroxyl groups excluding tert-OH is 1. The fraction of sp³-hybridized carbons (Fsp3) is 0.506. The van der Waals surface area contributed by atoms with Gasteiger partial charge in [0, 0.05) is 90.9 Å². The number of carboxylic acid groups (broad SMARTS) is 2. The zero-order valence-corrected chi connectivity index (χ0v) is 76.7. The monoisotopic (exact) mass is 1910 g/mol. The number of likely N-dealkylation sites (tertiary alicyclic amines) is 1. The number of fused-ring (bicyclic) bond motifs is 2. The van der Waals surface area contributed by atoms with Crippen LogP contribution in [0.3, 0.4) is 0 Å². The van der Waals surface area contributed by atoms with Crippen LogP contribution in [-0.4, -0.2) is 289 Å². The minimum Gasteiger partial charge on any atom is -0.481 e. The number of primary amides is 2. The van der Waals surface area contributed by atoms with E-state index in [1.54, 1.807) is 125 Å². The van der Waals surface area contributed by atoms with E-state index in [4.69, 9.17) is 28.3 Å². The molecule has 45 nitrogen and oxygen atoms in total. The first kappa shape index (κ1) is 109. The number of carbonyl (C=O) groups excluding carboxylic acids is 17. The Morgan fingerprint density at radius 3 is 1.45 bits per heavy atom. The Hall–Kier alpha value is -13.1. The molecule has 3 heterocycles. The number of para-hydroxylation sites is 2. The highest BCUT2D eigenvalue weighted by Crippen LogP contribution is 2.24. The van der Waals surface area contributed by atoms with Crippen molar-refractivity contribution in [2.45, 2.75) is 202 Å². The zero-order chi connectivity index (χ0) is 98.3. The number of aromatic nitrogens is 2. The van der Waals surface area contributed by atoms with Crippen molar-refractivity contribution in [1.82, 2.24) is 94.6 Å². The maximum atomic E-state index is 14.7. The molecule has 6 rings (SSSR count). The molecule has 2 aromatic heterocycles. The second-order valence-corrected chi connectivity index (χ2v) is 33.9. The Labute approximate surface area is 780 Å². The van der Waals surface area contributed by atoms with E-state index < -0.39 is 272 Å². The summed E-state index contributed by atoms with van der Waals surface area (Å²) < 4.78 is 0. The molecule has 1 fully saturated rings. The number of aliphatic carboxylic acids is 2. The maximum Gasteiger partial charge on any atom is 0.328 e. The lowest BCUT2D eigenvalue weighted by Gasteiger charge is -2.31. The number of thiol groups is 2. The summed E-state index contributed by atoms with van der Waals surface area (Å²) in [6.45, 7) is 3.87. The van der Waals surface area contributed by atoms with Gasteiger partial charge < -0.3 is 133 Å². The van der Waals surface area contributed by atoms with Gasteiger partial charge in [-0.05, 0) is 97.6 Å². The van der Waals surface area contributed by atoms with Crippen LogP contribution in [0.25, 0.3) is 21.8 Å². The summed E-state index contributed by atoms with van der Waals surface area (Å²) in [6.07, 6.45) is 1.68. The van der Waals surface area contributed by atoms with Gasteiger partial charge in [0.25, 0.3) is 0 Å². The first-order valence-corrected chi connectivity index (χ1v) is 45.7. The summed E-state index contributed by atoms with van der Waals surface area (Å²) in [6, 6.07) is 1.26. The number of nitrogens with zero attached hydrogens (tertiary/aromatic N) is 1. The largest absolute Gasteiger partial charge is 0.481 e. The van der Waals surface area contributed by atoms with Crippen LogP contribution < -0.4 is 103 Å². The molecule has 1 aliphatic heterocycles. The lowest BCUT2D eigenvalue weighted by atomic mass is 9.97. The molecule has 15 atom stereocenters. The van der Waals surface area contributed by atoms with Crippen molar-refractivity contribution in [2.75, 3.05) is 56.3 Å². The molecule has 5 aromatic rings. The fourth-order valence-electron chi connectivity index (χ4n) is 14.2. The zero-order valence-electron chi connectivity index (χ0n) is 74.1. The number of guanidine groups is 1. The minimum atomic E-state index is -1.73. The molecule has 48 heteroatoms. The lowest BCUT2D eigenvalue weighted by Crippen LogP contribution is -2.61. The molecule has 1 saturated heterocycles. The first-order chi connectivity index (χ1) is 63.2. The summed E-state index contributed by atoms with van der Waals surface area (Å²) in [5.74, 6) is -21.4. The van der Waals surface area contributed by atoms with Crippen molar-refractivity contribution in [3.63, 3.8) is 0 Å². The number of carboxylic acids is 2. The Morgan fingerprint density at radius 1 is 0.504 bits per heavy atom.